The van der Waals surface area contributed by atoms with Gasteiger partial charge in [0.15, 0.2) is 0 Å². The van der Waals surface area contributed by atoms with Crippen LogP contribution in [0.3, 0.4) is 0 Å². The van der Waals surface area contributed by atoms with Gasteiger partial charge < -0.3 is 10.6 Å². The Labute approximate surface area is 100.0 Å². The van der Waals surface area contributed by atoms with E-state index in [0.29, 0.717) is 0 Å². The van der Waals surface area contributed by atoms with E-state index in [9.17, 15) is 0 Å². The van der Waals surface area contributed by atoms with Crippen LogP contribution in [0.2, 0.25) is 0 Å². The maximum absolute atomic E-state index is 3.74. The Balaban J connectivity index is 1.63. The Morgan fingerprint density at radius 3 is 2.56 bits per heavy atom. The molecule has 0 aromatic heterocycles. The standard InChI is InChI=1S/C13H27N3/c1-12(16-9-3-2-4-10-16)11-15-13-5-7-14-8-6-13/h12-15H,2-11H2,1H3. The molecule has 1 atom stereocenters. The van der Waals surface area contributed by atoms with Crippen LogP contribution in [0, 0.1) is 0 Å². The average Bonchev–Trinajstić information content (AvgIpc) is 2.38. The van der Waals surface area contributed by atoms with Gasteiger partial charge in [0.2, 0.25) is 0 Å². The molecule has 2 aliphatic heterocycles. The van der Waals surface area contributed by atoms with Crippen LogP contribution >= 0.6 is 0 Å². The maximum atomic E-state index is 3.74. The Morgan fingerprint density at radius 1 is 1.19 bits per heavy atom. The van der Waals surface area contributed by atoms with Gasteiger partial charge in [-0.15, -0.1) is 0 Å². The molecule has 2 N–H and O–H groups in total. The SMILES string of the molecule is CC(CNC1CCNCC1)N1CCCCC1. The predicted octanol–water partition coefficient (Wildman–Crippen LogP) is 1.20. The third-order valence-corrected chi connectivity index (χ3v) is 4.06. The molecular formula is C13H27N3. The number of hydrogen-bond acceptors (Lipinski definition) is 3. The zero-order chi connectivity index (χ0) is 11.2. The van der Waals surface area contributed by atoms with E-state index in [0.717, 1.165) is 12.1 Å². The minimum atomic E-state index is 0.718. The highest BCUT2D eigenvalue weighted by Crippen LogP contribution is 2.12. The number of hydrogen-bond donors (Lipinski definition) is 2. The molecule has 0 spiro atoms. The van der Waals surface area contributed by atoms with E-state index in [1.165, 1.54) is 64.8 Å². The lowest BCUT2D eigenvalue weighted by molar-refractivity contribution is 0.166. The summed E-state index contributed by atoms with van der Waals surface area (Å²) in [6, 6.07) is 1.48. The van der Waals surface area contributed by atoms with Gasteiger partial charge in [0.25, 0.3) is 0 Å². The molecule has 0 saturated carbocycles. The van der Waals surface area contributed by atoms with Crippen molar-refractivity contribution >= 4 is 0 Å². The fraction of sp³-hybridized carbons (Fsp3) is 1.00. The predicted molar refractivity (Wildman–Crippen MR) is 68.8 cm³/mol. The largest absolute Gasteiger partial charge is 0.317 e. The summed E-state index contributed by atoms with van der Waals surface area (Å²) in [5, 5.41) is 7.15. The van der Waals surface area contributed by atoms with Gasteiger partial charge in [-0.25, -0.2) is 0 Å². The first-order valence-electron chi connectivity index (χ1n) is 7.04. The quantitative estimate of drug-likeness (QED) is 0.753. The van der Waals surface area contributed by atoms with E-state index < -0.39 is 0 Å². The topological polar surface area (TPSA) is 27.3 Å². The lowest BCUT2D eigenvalue weighted by Gasteiger charge is -2.34. The molecule has 16 heavy (non-hydrogen) atoms. The normalized spacial score (nSPS) is 26.8. The Bertz CT molecular complexity index is 184. The summed E-state index contributed by atoms with van der Waals surface area (Å²) in [4.78, 5) is 2.65. The van der Waals surface area contributed by atoms with Gasteiger partial charge in [0.1, 0.15) is 0 Å². The second-order valence-corrected chi connectivity index (χ2v) is 5.38. The fourth-order valence-electron chi connectivity index (χ4n) is 2.85. The molecule has 2 fully saturated rings. The van der Waals surface area contributed by atoms with Crippen molar-refractivity contribution in [2.24, 2.45) is 0 Å². The molecule has 0 aliphatic carbocycles. The van der Waals surface area contributed by atoms with Gasteiger partial charge in [-0.1, -0.05) is 6.42 Å². The number of nitrogens with one attached hydrogen (secondary N) is 2. The zero-order valence-electron chi connectivity index (χ0n) is 10.7. The van der Waals surface area contributed by atoms with Crippen molar-refractivity contribution in [3.05, 3.63) is 0 Å². The van der Waals surface area contributed by atoms with E-state index in [2.05, 4.69) is 22.5 Å². The van der Waals surface area contributed by atoms with Crippen LogP contribution in [0.15, 0.2) is 0 Å². The third kappa shape index (κ3) is 3.72. The van der Waals surface area contributed by atoms with Crippen molar-refractivity contribution in [3.8, 4) is 0 Å². The molecule has 2 rings (SSSR count). The van der Waals surface area contributed by atoms with Gasteiger partial charge in [-0.05, 0) is 58.8 Å². The molecule has 2 saturated heterocycles. The van der Waals surface area contributed by atoms with Crippen molar-refractivity contribution < 1.29 is 0 Å². The highest BCUT2D eigenvalue weighted by Gasteiger charge is 2.18. The molecule has 2 aliphatic rings. The van der Waals surface area contributed by atoms with E-state index in [-0.39, 0.29) is 0 Å². The van der Waals surface area contributed by atoms with Gasteiger partial charge in [-0.2, -0.15) is 0 Å². The van der Waals surface area contributed by atoms with Gasteiger partial charge in [-0.3, -0.25) is 4.90 Å². The average molecular weight is 225 g/mol. The molecule has 0 aromatic carbocycles. The lowest BCUT2D eigenvalue weighted by atomic mass is 10.1. The molecule has 2 heterocycles. The number of nitrogens with zero attached hydrogens (tertiary/aromatic N) is 1. The first kappa shape index (κ1) is 12.3. The molecule has 0 aromatic rings. The second-order valence-electron chi connectivity index (χ2n) is 5.38. The molecule has 3 heteroatoms. The maximum Gasteiger partial charge on any atom is 0.0192 e. The molecule has 0 amide bonds. The summed E-state index contributed by atoms with van der Waals surface area (Å²) < 4.78 is 0. The smallest absolute Gasteiger partial charge is 0.0192 e. The lowest BCUT2D eigenvalue weighted by Crippen LogP contribution is -2.47. The first-order chi connectivity index (χ1) is 7.86. The summed E-state index contributed by atoms with van der Waals surface area (Å²) in [7, 11) is 0. The third-order valence-electron chi connectivity index (χ3n) is 4.06. The van der Waals surface area contributed by atoms with Crippen molar-refractivity contribution in [3.63, 3.8) is 0 Å². The van der Waals surface area contributed by atoms with Crippen LogP contribution in [-0.2, 0) is 0 Å². The van der Waals surface area contributed by atoms with Crippen LogP contribution in [0.5, 0.6) is 0 Å². The zero-order valence-corrected chi connectivity index (χ0v) is 10.7. The molecule has 0 bridgehead atoms. The summed E-state index contributed by atoms with van der Waals surface area (Å²) in [5.74, 6) is 0. The van der Waals surface area contributed by atoms with Gasteiger partial charge in [0.05, 0.1) is 0 Å². The monoisotopic (exact) mass is 225 g/mol. The first-order valence-corrected chi connectivity index (χ1v) is 7.04. The van der Waals surface area contributed by atoms with Crippen molar-refractivity contribution in [2.45, 2.75) is 51.1 Å². The van der Waals surface area contributed by atoms with Crippen molar-refractivity contribution in [1.29, 1.82) is 0 Å². The highest BCUT2D eigenvalue weighted by atomic mass is 15.2. The molecule has 1 unspecified atom stereocenters. The van der Waals surface area contributed by atoms with E-state index in [4.69, 9.17) is 0 Å². The number of rotatable bonds is 4. The second kappa shape index (κ2) is 6.58. The highest BCUT2D eigenvalue weighted by molar-refractivity contribution is 4.78. The summed E-state index contributed by atoms with van der Waals surface area (Å²) in [6.45, 7) is 8.56. The minimum Gasteiger partial charge on any atom is -0.317 e. The van der Waals surface area contributed by atoms with Gasteiger partial charge in [0, 0.05) is 18.6 Å². The molecule has 3 nitrogen and oxygen atoms in total. The van der Waals surface area contributed by atoms with Crippen LogP contribution in [-0.4, -0.2) is 49.7 Å². The van der Waals surface area contributed by atoms with Crippen LogP contribution in [0.4, 0.5) is 0 Å². The molecule has 0 radical (unpaired) electrons. The number of piperidine rings is 2. The fourth-order valence-corrected chi connectivity index (χ4v) is 2.85. The summed E-state index contributed by atoms with van der Waals surface area (Å²) in [6.07, 6.45) is 6.83. The Kier molecular flexibility index (Phi) is 5.07. The summed E-state index contributed by atoms with van der Waals surface area (Å²) in [5.41, 5.74) is 0. The molecular weight excluding hydrogens is 198 g/mol. The van der Waals surface area contributed by atoms with Gasteiger partial charge >= 0.3 is 0 Å². The van der Waals surface area contributed by atoms with Crippen LogP contribution < -0.4 is 10.6 Å². The van der Waals surface area contributed by atoms with Crippen LogP contribution in [0.1, 0.15) is 39.0 Å². The Morgan fingerprint density at radius 2 is 1.88 bits per heavy atom. The molecule has 94 valence electrons. The van der Waals surface area contributed by atoms with E-state index in [1.54, 1.807) is 0 Å². The Hall–Kier alpha value is -0.120. The van der Waals surface area contributed by atoms with Crippen molar-refractivity contribution in [2.75, 3.05) is 32.7 Å². The van der Waals surface area contributed by atoms with E-state index >= 15 is 0 Å². The number of likely N-dealkylation sites (tertiary alicyclic amines) is 1. The van der Waals surface area contributed by atoms with Crippen LogP contribution in [0.25, 0.3) is 0 Å². The minimum absolute atomic E-state index is 0.718. The van der Waals surface area contributed by atoms with E-state index in [1.807, 2.05) is 0 Å². The summed E-state index contributed by atoms with van der Waals surface area (Å²) >= 11 is 0. The van der Waals surface area contributed by atoms with Crippen molar-refractivity contribution in [1.82, 2.24) is 15.5 Å².